The Morgan fingerprint density at radius 1 is 0.971 bits per heavy atom. The van der Waals surface area contributed by atoms with Gasteiger partial charge in [0.1, 0.15) is 6.54 Å². The molecule has 1 aromatic heterocycles. The summed E-state index contributed by atoms with van der Waals surface area (Å²) in [6, 6.07) is 11.4. The summed E-state index contributed by atoms with van der Waals surface area (Å²) in [5.41, 5.74) is 0.335. The number of carbonyl (C=O) groups is 1. The molecule has 2 heterocycles. The molecule has 0 radical (unpaired) electrons. The molecule has 1 fully saturated rings. The number of sulfonamides is 1. The lowest BCUT2D eigenvalue weighted by atomic mass is 10.2. The largest absolute Gasteiger partial charge is 0.331 e. The number of nitrogens with zero attached hydrogens (tertiary/aromatic N) is 3. The van der Waals surface area contributed by atoms with Crippen LogP contribution in [0, 0.1) is 6.92 Å². The van der Waals surface area contributed by atoms with Crippen LogP contribution in [-0.2, 0) is 27.9 Å². The molecule has 1 saturated heterocycles. The number of rotatable bonds is 6. The zero-order valence-corrected chi connectivity index (χ0v) is 20.8. The van der Waals surface area contributed by atoms with Crippen molar-refractivity contribution in [2.75, 3.05) is 18.4 Å². The Labute approximate surface area is 204 Å². The topological polar surface area (TPSA) is 110 Å². The van der Waals surface area contributed by atoms with Crippen molar-refractivity contribution in [2.45, 2.75) is 57.5 Å². The number of carbonyl (C=O) groups excluding carboxylic acids is 1. The van der Waals surface area contributed by atoms with Gasteiger partial charge in [-0.15, -0.1) is 0 Å². The number of aromatic nitrogens is 2. The standard InChI is InChI=1S/C25H30N4O5S/c1-3-28-24(31)20-10-6-7-11-21(20)29(25(28)32)17-23(30)26-19-13-12-18(2)22(16-19)35(33,34)27-14-8-4-5-9-15-27/h6-7,10-13,16H,3-5,8-9,14-15,17H2,1-2H3,(H,26,30). The van der Waals surface area contributed by atoms with E-state index in [1.165, 1.54) is 14.9 Å². The number of aryl methyl sites for hydroxylation is 1. The Bertz CT molecular complexity index is 1480. The molecule has 1 amide bonds. The van der Waals surface area contributed by atoms with Crippen molar-refractivity contribution >= 4 is 32.5 Å². The van der Waals surface area contributed by atoms with E-state index < -0.39 is 27.2 Å². The smallest absolute Gasteiger partial charge is 0.324 e. The van der Waals surface area contributed by atoms with Crippen molar-refractivity contribution in [1.82, 2.24) is 13.4 Å². The second kappa shape index (κ2) is 10.2. The van der Waals surface area contributed by atoms with E-state index in [1.807, 2.05) is 0 Å². The first-order valence-electron chi connectivity index (χ1n) is 11.9. The van der Waals surface area contributed by atoms with Gasteiger partial charge < -0.3 is 5.32 Å². The molecule has 0 saturated carbocycles. The van der Waals surface area contributed by atoms with Crippen molar-refractivity contribution in [3.63, 3.8) is 0 Å². The number of hydrogen-bond donors (Lipinski definition) is 1. The third kappa shape index (κ3) is 4.94. The van der Waals surface area contributed by atoms with Crippen LogP contribution in [0.4, 0.5) is 5.69 Å². The minimum absolute atomic E-state index is 0.166. The van der Waals surface area contributed by atoms with E-state index in [9.17, 15) is 22.8 Å². The van der Waals surface area contributed by atoms with Crippen LogP contribution >= 0.6 is 0 Å². The highest BCUT2D eigenvalue weighted by molar-refractivity contribution is 7.89. The summed E-state index contributed by atoms with van der Waals surface area (Å²) in [5, 5.41) is 3.07. The third-order valence-corrected chi connectivity index (χ3v) is 8.45. The predicted molar refractivity (Wildman–Crippen MR) is 135 cm³/mol. The Kier molecular flexibility index (Phi) is 7.23. The molecule has 9 nitrogen and oxygen atoms in total. The van der Waals surface area contributed by atoms with Gasteiger partial charge in [-0.1, -0.05) is 31.0 Å². The number of fused-ring (bicyclic) bond motifs is 1. The SMILES string of the molecule is CCn1c(=O)c2ccccc2n(CC(=O)Nc2ccc(C)c(S(=O)(=O)N3CCCCCC3)c2)c1=O. The fraction of sp³-hybridized carbons (Fsp3) is 0.400. The molecule has 0 bridgehead atoms. The second-order valence-corrected chi connectivity index (χ2v) is 10.7. The first-order valence-corrected chi connectivity index (χ1v) is 13.3. The van der Waals surface area contributed by atoms with E-state index in [4.69, 9.17) is 0 Å². The molecule has 186 valence electrons. The highest BCUT2D eigenvalue weighted by atomic mass is 32.2. The average Bonchev–Trinajstić information content (AvgIpc) is 3.14. The molecule has 2 aromatic carbocycles. The van der Waals surface area contributed by atoms with Crippen molar-refractivity contribution in [3.8, 4) is 0 Å². The Balaban J connectivity index is 1.63. The van der Waals surface area contributed by atoms with E-state index in [2.05, 4.69) is 5.32 Å². The van der Waals surface area contributed by atoms with Gasteiger partial charge in [0.05, 0.1) is 15.8 Å². The first-order chi connectivity index (χ1) is 16.7. The van der Waals surface area contributed by atoms with Crippen molar-refractivity contribution in [3.05, 3.63) is 68.9 Å². The lowest BCUT2D eigenvalue weighted by Crippen LogP contribution is -2.41. The molecule has 0 atom stereocenters. The number of para-hydroxylation sites is 1. The van der Waals surface area contributed by atoms with E-state index in [0.29, 0.717) is 35.2 Å². The van der Waals surface area contributed by atoms with Crippen LogP contribution in [0.1, 0.15) is 38.2 Å². The van der Waals surface area contributed by atoms with Gasteiger partial charge in [-0.3, -0.25) is 18.7 Å². The van der Waals surface area contributed by atoms with Crippen molar-refractivity contribution in [2.24, 2.45) is 0 Å². The molecule has 0 unspecified atom stereocenters. The summed E-state index contributed by atoms with van der Waals surface area (Å²) in [4.78, 5) is 38.6. The van der Waals surface area contributed by atoms with Crippen molar-refractivity contribution in [1.29, 1.82) is 0 Å². The van der Waals surface area contributed by atoms with Crippen LogP contribution in [0.5, 0.6) is 0 Å². The van der Waals surface area contributed by atoms with Crippen LogP contribution < -0.4 is 16.6 Å². The summed E-state index contributed by atoms with van der Waals surface area (Å²) in [5.74, 6) is -0.500. The molecular formula is C25H30N4O5S. The quantitative estimate of drug-likeness (QED) is 0.562. The van der Waals surface area contributed by atoms with Crippen LogP contribution in [0.15, 0.2) is 56.9 Å². The minimum atomic E-state index is -3.69. The molecule has 0 spiro atoms. The summed E-state index contributed by atoms with van der Waals surface area (Å²) < 4.78 is 30.5. The summed E-state index contributed by atoms with van der Waals surface area (Å²) in [6.45, 7) is 4.26. The minimum Gasteiger partial charge on any atom is -0.324 e. The molecule has 10 heteroatoms. The Morgan fingerprint density at radius 3 is 2.34 bits per heavy atom. The van der Waals surface area contributed by atoms with Gasteiger partial charge >= 0.3 is 5.69 Å². The van der Waals surface area contributed by atoms with Gasteiger partial charge in [-0.25, -0.2) is 13.2 Å². The van der Waals surface area contributed by atoms with Gasteiger partial charge in [0.15, 0.2) is 0 Å². The van der Waals surface area contributed by atoms with Crippen molar-refractivity contribution < 1.29 is 13.2 Å². The maximum atomic E-state index is 13.3. The highest BCUT2D eigenvalue weighted by Crippen LogP contribution is 2.26. The Morgan fingerprint density at radius 2 is 1.66 bits per heavy atom. The zero-order valence-electron chi connectivity index (χ0n) is 20.0. The van der Waals surface area contributed by atoms with Gasteiger partial charge in [-0.2, -0.15) is 4.31 Å². The molecule has 1 aliphatic rings. The van der Waals surface area contributed by atoms with Crippen LogP contribution in [0.25, 0.3) is 10.9 Å². The molecule has 1 aliphatic heterocycles. The predicted octanol–water partition coefficient (Wildman–Crippen LogP) is 2.69. The Hall–Kier alpha value is -3.24. The van der Waals surface area contributed by atoms with E-state index >= 15 is 0 Å². The molecular weight excluding hydrogens is 468 g/mol. The number of nitrogens with one attached hydrogen (secondary N) is 1. The van der Waals surface area contributed by atoms with E-state index in [-0.39, 0.29) is 18.0 Å². The van der Waals surface area contributed by atoms with Gasteiger partial charge in [0.25, 0.3) is 5.56 Å². The first kappa shape index (κ1) is 24.9. The second-order valence-electron chi connectivity index (χ2n) is 8.78. The van der Waals surface area contributed by atoms with Gasteiger partial charge in [0.2, 0.25) is 15.9 Å². The average molecular weight is 499 g/mol. The fourth-order valence-electron chi connectivity index (χ4n) is 4.52. The van der Waals surface area contributed by atoms with Gasteiger partial charge in [0, 0.05) is 25.3 Å². The van der Waals surface area contributed by atoms with Crippen LogP contribution in [0.2, 0.25) is 0 Å². The van der Waals surface area contributed by atoms with Gasteiger partial charge in [-0.05, 0) is 56.5 Å². The summed E-state index contributed by atoms with van der Waals surface area (Å²) in [6.07, 6.45) is 3.69. The zero-order chi connectivity index (χ0) is 25.2. The van der Waals surface area contributed by atoms with Crippen LogP contribution in [-0.4, -0.2) is 40.9 Å². The monoisotopic (exact) mass is 498 g/mol. The maximum Gasteiger partial charge on any atom is 0.331 e. The molecule has 35 heavy (non-hydrogen) atoms. The maximum absolute atomic E-state index is 13.3. The summed E-state index contributed by atoms with van der Waals surface area (Å²) in [7, 11) is -3.69. The normalized spacial score (nSPS) is 15.1. The number of amides is 1. The van der Waals surface area contributed by atoms with E-state index in [1.54, 1.807) is 50.2 Å². The molecule has 1 N–H and O–H groups in total. The lowest BCUT2D eigenvalue weighted by Gasteiger charge is -2.21. The fourth-order valence-corrected chi connectivity index (χ4v) is 6.29. The van der Waals surface area contributed by atoms with E-state index in [0.717, 1.165) is 30.3 Å². The lowest BCUT2D eigenvalue weighted by molar-refractivity contribution is -0.116. The number of anilines is 1. The number of hydrogen-bond acceptors (Lipinski definition) is 5. The van der Waals surface area contributed by atoms with Crippen LogP contribution in [0.3, 0.4) is 0 Å². The third-order valence-electron chi connectivity index (χ3n) is 6.40. The highest BCUT2D eigenvalue weighted by Gasteiger charge is 2.27. The number of benzene rings is 2. The molecule has 3 aromatic rings. The summed E-state index contributed by atoms with van der Waals surface area (Å²) >= 11 is 0. The molecule has 0 aliphatic carbocycles. The molecule has 4 rings (SSSR count).